The third-order valence-corrected chi connectivity index (χ3v) is 5.87. The number of ketones is 1. The van der Waals surface area contributed by atoms with E-state index in [9.17, 15) is 4.79 Å². The van der Waals surface area contributed by atoms with E-state index in [1.807, 2.05) is 23.6 Å². The lowest BCUT2D eigenvalue weighted by atomic mass is 10.1. The first-order chi connectivity index (χ1) is 12.1. The molecule has 130 valence electrons. The van der Waals surface area contributed by atoms with Gasteiger partial charge in [-0.2, -0.15) is 0 Å². The lowest BCUT2D eigenvalue weighted by Crippen LogP contribution is -2.04. The van der Waals surface area contributed by atoms with Gasteiger partial charge >= 0.3 is 0 Å². The van der Waals surface area contributed by atoms with Gasteiger partial charge in [-0.25, -0.2) is 0 Å². The van der Waals surface area contributed by atoms with Crippen LogP contribution in [0.3, 0.4) is 0 Å². The van der Waals surface area contributed by atoms with E-state index < -0.39 is 0 Å². The van der Waals surface area contributed by atoms with Crippen LogP contribution in [0, 0.1) is 0 Å². The van der Waals surface area contributed by atoms with Gasteiger partial charge in [0.1, 0.15) is 0 Å². The monoisotopic (exact) mass is 375 g/mol. The van der Waals surface area contributed by atoms with Crippen molar-refractivity contribution in [3.63, 3.8) is 0 Å². The minimum absolute atomic E-state index is 0.176. The SMILES string of the molecule is COc1cc(C(=O)c2sc(-c3cccs3)cc2N)cc(OC)c1OC. The normalized spacial score (nSPS) is 10.5. The Morgan fingerprint density at radius 1 is 1.00 bits per heavy atom. The summed E-state index contributed by atoms with van der Waals surface area (Å²) in [7, 11) is 4.55. The van der Waals surface area contributed by atoms with Gasteiger partial charge in [0.05, 0.1) is 31.9 Å². The molecule has 0 aliphatic rings. The maximum Gasteiger partial charge on any atom is 0.205 e. The topological polar surface area (TPSA) is 70.8 Å². The molecule has 5 nitrogen and oxygen atoms in total. The van der Waals surface area contributed by atoms with Crippen molar-refractivity contribution >= 4 is 34.1 Å². The number of thiophene rings is 2. The molecule has 0 saturated carbocycles. The number of hydrogen-bond donors (Lipinski definition) is 1. The Balaban J connectivity index is 2.04. The number of nitrogen functional groups attached to an aromatic ring is 1. The first kappa shape index (κ1) is 17.3. The first-order valence-electron chi connectivity index (χ1n) is 7.37. The fourth-order valence-electron chi connectivity index (χ4n) is 2.47. The number of benzene rings is 1. The van der Waals surface area contributed by atoms with Crippen LogP contribution >= 0.6 is 22.7 Å². The van der Waals surface area contributed by atoms with Gasteiger partial charge in [-0.3, -0.25) is 4.79 Å². The zero-order chi connectivity index (χ0) is 18.0. The van der Waals surface area contributed by atoms with E-state index in [0.29, 0.717) is 33.4 Å². The molecule has 0 atom stereocenters. The van der Waals surface area contributed by atoms with E-state index in [0.717, 1.165) is 9.75 Å². The predicted molar refractivity (Wildman–Crippen MR) is 102 cm³/mol. The Labute approximate surface area is 153 Å². The highest BCUT2D eigenvalue weighted by Crippen LogP contribution is 2.41. The quantitative estimate of drug-likeness (QED) is 0.650. The van der Waals surface area contributed by atoms with Crippen LogP contribution in [0.4, 0.5) is 5.69 Å². The third-order valence-electron chi connectivity index (χ3n) is 3.66. The van der Waals surface area contributed by atoms with Crippen LogP contribution in [0.1, 0.15) is 15.2 Å². The number of nitrogens with two attached hydrogens (primary N) is 1. The zero-order valence-corrected chi connectivity index (χ0v) is 15.6. The molecule has 0 saturated heterocycles. The molecule has 2 heterocycles. The number of carbonyl (C=O) groups excluding carboxylic acids is 1. The van der Waals surface area contributed by atoms with E-state index in [-0.39, 0.29) is 5.78 Å². The van der Waals surface area contributed by atoms with Gasteiger partial charge in [0, 0.05) is 15.3 Å². The number of hydrogen-bond acceptors (Lipinski definition) is 7. The van der Waals surface area contributed by atoms with Crippen molar-refractivity contribution in [2.24, 2.45) is 0 Å². The maximum atomic E-state index is 13.0. The van der Waals surface area contributed by atoms with Crippen LogP contribution in [0.25, 0.3) is 9.75 Å². The van der Waals surface area contributed by atoms with Crippen LogP contribution < -0.4 is 19.9 Å². The summed E-state index contributed by atoms with van der Waals surface area (Å²) in [5, 5.41) is 1.99. The Morgan fingerprint density at radius 3 is 2.20 bits per heavy atom. The molecule has 0 fully saturated rings. The lowest BCUT2D eigenvalue weighted by molar-refractivity contribution is 0.104. The summed E-state index contributed by atoms with van der Waals surface area (Å²) in [6.45, 7) is 0. The fourth-order valence-corrected chi connectivity index (χ4v) is 4.33. The summed E-state index contributed by atoms with van der Waals surface area (Å²) >= 11 is 2.99. The molecule has 2 aromatic heterocycles. The molecule has 7 heteroatoms. The van der Waals surface area contributed by atoms with Crippen molar-refractivity contribution in [2.45, 2.75) is 0 Å². The second kappa shape index (κ2) is 7.16. The average Bonchev–Trinajstić information content (AvgIpc) is 3.29. The summed E-state index contributed by atoms with van der Waals surface area (Å²) in [4.78, 5) is 15.5. The van der Waals surface area contributed by atoms with Crippen LogP contribution in [0.5, 0.6) is 17.2 Å². The number of anilines is 1. The molecule has 0 aliphatic carbocycles. The summed E-state index contributed by atoms with van der Waals surface area (Å²) in [5.74, 6) is 1.13. The second-order valence-electron chi connectivity index (χ2n) is 5.12. The van der Waals surface area contributed by atoms with Gasteiger partial charge in [0.15, 0.2) is 11.5 Å². The van der Waals surface area contributed by atoms with Crippen molar-refractivity contribution < 1.29 is 19.0 Å². The molecule has 2 N–H and O–H groups in total. The molecule has 3 aromatic rings. The highest BCUT2D eigenvalue weighted by Gasteiger charge is 2.21. The predicted octanol–water partition coefficient (Wildman–Crippen LogP) is 4.32. The van der Waals surface area contributed by atoms with E-state index in [4.69, 9.17) is 19.9 Å². The molecule has 0 radical (unpaired) electrons. The molecule has 1 aromatic carbocycles. The van der Waals surface area contributed by atoms with E-state index >= 15 is 0 Å². The van der Waals surface area contributed by atoms with Crippen molar-refractivity contribution in [2.75, 3.05) is 27.1 Å². The first-order valence-corrected chi connectivity index (χ1v) is 9.06. The molecule has 0 bridgehead atoms. The van der Waals surface area contributed by atoms with Gasteiger partial charge < -0.3 is 19.9 Å². The number of rotatable bonds is 6. The molecule has 25 heavy (non-hydrogen) atoms. The van der Waals surface area contributed by atoms with Crippen molar-refractivity contribution in [1.29, 1.82) is 0 Å². The van der Waals surface area contributed by atoms with Gasteiger partial charge in [-0.05, 0) is 29.6 Å². The van der Waals surface area contributed by atoms with Gasteiger partial charge in [-0.15, -0.1) is 22.7 Å². The molecule has 0 aliphatic heterocycles. The molecule has 3 rings (SSSR count). The number of methoxy groups -OCH3 is 3. The van der Waals surface area contributed by atoms with E-state index in [2.05, 4.69) is 0 Å². The van der Waals surface area contributed by atoms with E-state index in [1.54, 1.807) is 23.5 Å². The molecule has 0 unspecified atom stereocenters. The average molecular weight is 375 g/mol. The number of carbonyl (C=O) groups is 1. The Hall–Kier alpha value is -2.51. The van der Waals surface area contributed by atoms with Gasteiger partial charge in [-0.1, -0.05) is 6.07 Å². The Morgan fingerprint density at radius 2 is 1.68 bits per heavy atom. The Bertz CT molecular complexity index is 875. The van der Waals surface area contributed by atoms with Crippen molar-refractivity contribution in [3.8, 4) is 27.0 Å². The minimum atomic E-state index is -0.176. The fraction of sp³-hybridized carbons (Fsp3) is 0.167. The Kier molecular flexibility index (Phi) is 4.96. The van der Waals surface area contributed by atoms with Crippen molar-refractivity contribution in [3.05, 3.63) is 46.2 Å². The second-order valence-corrected chi connectivity index (χ2v) is 7.12. The number of ether oxygens (including phenoxy) is 3. The molecule has 0 amide bonds. The van der Waals surface area contributed by atoms with Gasteiger partial charge in [0.25, 0.3) is 0 Å². The largest absolute Gasteiger partial charge is 0.493 e. The highest BCUT2D eigenvalue weighted by molar-refractivity contribution is 7.22. The summed E-state index contributed by atoms with van der Waals surface area (Å²) in [6.07, 6.45) is 0. The standard InChI is InChI=1S/C18H17NO4S2/c1-21-12-7-10(8-13(22-2)17(12)23-3)16(20)18-11(19)9-15(25-18)14-5-4-6-24-14/h4-9H,19H2,1-3H3. The minimum Gasteiger partial charge on any atom is -0.493 e. The lowest BCUT2D eigenvalue weighted by Gasteiger charge is -2.13. The third kappa shape index (κ3) is 3.20. The van der Waals surface area contributed by atoms with Crippen molar-refractivity contribution in [1.82, 2.24) is 0 Å². The highest BCUT2D eigenvalue weighted by atomic mass is 32.1. The maximum absolute atomic E-state index is 13.0. The smallest absolute Gasteiger partial charge is 0.205 e. The molecular weight excluding hydrogens is 358 g/mol. The van der Waals surface area contributed by atoms with Gasteiger partial charge in [0.2, 0.25) is 11.5 Å². The van der Waals surface area contributed by atoms with Crippen LogP contribution in [0.15, 0.2) is 35.7 Å². The molecule has 0 spiro atoms. The summed E-state index contributed by atoms with van der Waals surface area (Å²) in [6, 6.07) is 9.07. The molecular formula is C18H17NO4S2. The van der Waals surface area contributed by atoms with Crippen LogP contribution in [-0.4, -0.2) is 27.1 Å². The van der Waals surface area contributed by atoms with E-state index in [1.165, 1.54) is 32.7 Å². The van der Waals surface area contributed by atoms with Crippen LogP contribution in [-0.2, 0) is 0 Å². The summed E-state index contributed by atoms with van der Waals surface area (Å²) in [5.41, 5.74) is 6.99. The zero-order valence-electron chi connectivity index (χ0n) is 14.0. The van der Waals surface area contributed by atoms with Crippen LogP contribution in [0.2, 0.25) is 0 Å². The summed E-state index contributed by atoms with van der Waals surface area (Å²) < 4.78 is 15.9.